The molecule has 0 saturated heterocycles. The maximum absolute atomic E-state index is 12.1. The fraction of sp³-hybridized carbons (Fsp3) is 0.583. The van der Waals surface area contributed by atoms with E-state index in [1.165, 1.54) is 6.20 Å². The lowest BCUT2D eigenvalue weighted by Gasteiger charge is -2.12. The lowest BCUT2D eigenvalue weighted by Crippen LogP contribution is -2.26. The van der Waals surface area contributed by atoms with Gasteiger partial charge in [0.2, 0.25) is 0 Å². The van der Waals surface area contributed by atoms with E-state index < -0.39 is 11.9 Å². The van der Waals surface area contributed by atoms with Crippen LogP contribution in [0, 0.1) is 5.92 Å². The summed E-state index contributed by atoms with van der Waals surface area (Å²) in [6.07, 6.45) is 4.36. The molecule has 0 aliphatic heterocycles. The van der Waals surface area contributed by atoms with E-state index in [4.69, 9.17) is 4.74 Å². The van der Waals surface area contributed by atoms with Gasteiger partial charge in [0.15, 0.2) is 5.78 Å². The van der Waals surface area contributed by atoms with Gasteiger partial charge in [-0.15, -0.1) is 0 Å². The van der Waals surface area contributed by atoms with Crippen molar-refractivity contribution in [3.05, 3.63) is 18.0 Å². The number of esters is 1. The fourth-order valence-corrected chi connectivity index (χ4v) is 1.64. The van der Waals surface area contributed by atoms with Crippen molar-refractivity contribution in [1.82, 2.24) is 9.78 Å². The van der Waals surface area contributed by atoms with Gasteiger partial charge in [0.25, 0.3) is 0 Å². The Bertz CT molecular complexity index is 398. The number of ketones is 1. The Morgan fingerprint density at radius 1 is 1.47 bits per heavy atom. The van der Waals surface area contributed by atoms with Crippen LogP contribution in [-0.4, -0.2) is 28.1 Å². The number of carbonyl (C=O) groups excluding carboxylic acids is 2. The summed E-state index contributed by atoms with van der Waals surface area (Å²) in [5, 5.41) is 3.93. The van der Waals surface area contributed by atoms with Crippen LogP contribution < -0.4 is 0 Å². The van der Waals surface area contributed by atoms with E-state index in [-0.39, 0.29) is 5.78 Å². The summed E-state index contributed by atoms with van der Waals surface area (Å²) in [5.74, 6) is -1.36. The minimum atomic E-state index is -0.704. The standard InChI is InChI=1S/C12H18N2O3/c1-4-6-10(12(16)17-5-2)11(15)9-7-13-14(3)8-9/h7-8,10H,4-6H2,1-3H3. The predicted molar refractivity (Wildman–Crippen MR) is 62.6 cm³/mol. The molecule has 0 radical (unpaired) electrons. The van der Waals surface area contributed by atoms with Crippen LogP contribution >= 0.6 is 0 Å². The molecule has 0 amide bonds. The third kappa shape index (κ3) is 3.41. The quantitative estimate of drug-likeness (QED) is 0.429. The minimum absolute atomic E-state index is 0.210. The Kier molecular flexibility index (Phi) is 4.87. The van der Waals surface area contributed by atoms with Crippen LogP contribution in [0.4, 0.5) is 0 Å². The highest BCUT2D eigenvalue weighted by atomic mass is 16.5. The van der Waals surface area contributed by atoms with Gasteiger partial charge in [-0.25, -0.2) is 0 Å². The van der Waals surface area contributed by atoms with Crippen molar-refractivity contribution in [2.45, 2.75) is 26.7 Å². The number of rotatable bonds is 6. The molecule has 0 spiro atoms. The monoisotopic (exact) mass is 238 g/mol. The van der Waals surface area contributed by atoms with Crippen molar-refractivity contribution in [2.24, 2.45) is 13.0 Å². The molecule has 1 heterocycles. The van der Waals surface area contributed by atoms with Crippen LogP contribution in [0.2, 0.25) is 0 Å². The fourth-order valence-electron chi connectivity index (χ4n) is 1.64. The highest BCUT2D eigenvalue weighted by Gasteiger charge is 2.28. The van der Waals surface area contributed by atoms with E-state index in [1.807, 2.05) is 6.92 Å². The highest BCUT2D eigenvalue weighted by molar-refractivity contribution is 6.08. The first-order valence-corrected chi connectivity index (χ1v) is 5.79. The van der Waals surface area contributed by atoms with Crippen molar-refractivity contribution in [1.29, 1.82) is 0 Å². The third-order valence-electron chi connectivity index (χ3n) is 2.45. The molecule has 1 aromatic rings. The average Bonchev–Trinajstić information content (AvgIpc) is 2.72. The molecule has 1 aromatic heterocycles. The minimum Gasteiger partial charge on any atom is -0.465 e. The SMILES string of the molecule is CCCC(C(=O)OCC)C(=O)c1cnn(C)c1. The molecule has 1 unspecified atom stereocenters. The zero-order valence-electron chi connectivity index (χ0n) is 10.5. The number of carbonyl (C=O) groups is 2. The molecule has 0 bridgehead atoms. The van der Waals surface area contributed by atoms with Crippen LogP contribution in [-0.2, 0) is 16.6 Å². The van der Waals surface area contributed by atoms with Crippen molar-refractivity contribution >= 4 is 11.8 Å². The van der Waals surface area contributed by atoms with Gasteiger partial charge < -0.3 is 4.74 Å². The second-order valence-corrected chi connectivity index (χ2v) is 3.86. The molecule has 0 aliphatic rings. The van der Waals surface area contributed by atoms with Crippen molar-refractivity contribution in [3.63, 3.8) is 0 Å². The van der Waals surface area contributed by atoms with Gasteiger partial charge in [-0.2, -0.15) is 5.10 Å². The Morgan fingerprint density at radius 3 is 2.65 bits per heavy atom. The summed E-state index contributed by atoms with van der Waals surface area (Å²) in [6, 6.07) is 0. The number of aromatic nitrogens is 2. The van der Waals surface area contributed by atoms with E-state index in [2.05, 4.69) is 5.10 Å². The van der Waals surface area contributed by atoms with Crippen molar-refractivity contribution in [2.75, 3.05) is 6.61 Å². The summed E-state index contributed by atoms with van der Waals surface area (Å²) in [6.45, 7) is 3.96. The first-order chi connectivity index (χ1) is 8.10. The van der Waals surface area contributed by atoms with E-state index in [1.54, 1.807) is 24.9 Å². The molecule has 0 aromatic carbocycles. The molecule has 1 atom stereocenters. The van der Waals surface area contributed by atoms with Gasteiger partial charge in [0.05, 0.1) is 18.4 Å². The lowest BCUT2D eigenvalue weighted by molar-refractivity contribution is -0.146. The second-order valence-electron chi connectivity index (χ2n) is 3.86. The topological polar surface area (TPSA) is 61.2 Å². The zero-order chi connectivity index (χ0) is 12.8. The molecule has 0 aliphatic carbocycles. The molecule has 0 N–H and O–H groups in total. The normalized spacial score (nSPS) is 12.2. The molecule has 1 rings (SSSR count). The summed E-state index contributed by atoms with van der Waals surface area (Å²) >= 11 is 0. The third-order valence-corrected chi connectivity index (χ3v) is 2.45. The number of hydrogen-bond acceptors (Lipinski definition) is 4. The van der Waals surface area contributed by atoms with Gasteiger partial charge in [-0.3, -0.25) is 14.3 Å². The van der Waals surface area contributed by atoms with Gasteiger partial charge >= 0.3 is 5.97 Å². The zero-order valence-corrected chi connectivity index (χ0v) is 10.5. The first kappa shape index (κ1) is 13.4. The van der Waals surface area contributed by atoms with Gasteiger partial charge in [-0.05, 0) is 13.3 Å². The smallest absolute Gasteiger partial charge is 0.316 e. The Labute approximate surface area is 101 Å². The maximum Gasteiger partial charge on any atom is 0.316 e. The van der Waals surface area contributed by atoms with Crippen LogP contribution in [0.25, 0.3) is 0 Å². The number of hydrogen-bond donors (Lipinski definition) is 0. The van der Waals surface area contributed by atoms with Crippen molar-refractivity contribution in [3.8, 4) is 0 Å². The molecule has 94 valence electrons. The summed E-state index contributed by atoms with van der Waals surface area (Å²) < 4.78 is 6.46. The van der Waals surface area contributed by atoms with E-state index in [9.17, 15) is 9.59 Å². The van der Waals surface area contributed by atoms with E-state index in [0.29, 0.717) is 18.6 Å². The van der Waals surface area contributed by atoms with Gasteiger partial charge in [0, 0.05) is 13.2 Å². The molecule has 0 saturated carbocycles. The average molecular weight is 238 g/mol. The maximum atomic E-state index is 12.1. The number of aryl methyl sites for hydroxylation is 1. The molecular weight excluding hydrogens is 220 g/mol. The van der Waals surface area contributed by atoms with E-state index >= 15 is 0 Å². The van der Waals surface area contributed by atoms with Crippen LogP contribution in [0.15, 0.2) is 12.4 Å². The number of Topliss-reactive ketones (excluding diaryl/α,β-unsaturated/α-hetero) is 1. The second kappa shape index (κ2) is 6.18. The van der Waals surface area contributed by atoms with Gasteiger partial charge in [-0.1, -0.05) is 13.3 Å². The first-order valence-electron chi connectivity index (χ1n) is 5.79. The van der Waals surface area contributed by atoms with Gasteiger partial charge in [0.1, 0.15) is 5.92 Å². The summed E-state index contributed by atoms with van der Waals surface area (Å²) in [7, 11) is 1.73. The number of nitrogens with zero attached hydrogens (tertiary/aromatic N) is 2. The molecule has 0 fully saturated rings. The highest BCUT2D eigenvalue weighted by Crippen LogP contribution is 2.15. The van der Waals surface area contributed by atoms with Crippen LogP contribution in [0.3, 0.4) is 0 Å². The summed E-state index contributed by atoms with van der Waals surface area (Å²) in [5.41, 5.74) is 0.457. The lowest BCUT2D eigenvalue weighted by atomic mass is 9.95. The van der Waals surface area contributed by atoms with Crippen LogP contribution in [0.1, 0.15) is 37.0 Å². The van der Waals surface area contributed by atoms with Crippen molar-refractivity contribution < 1.29 is 14.3 Å². The van der Waals surface area contributed by atoms with E-state index in [0.717, 1.165) is 6.42 Å². The Morgan fingerprint density at radius 2 is 2.18 bits per heavy atom. The number of ether oxygens (including phenoxy) is 1. The molecule has 17 heavy (non-hydrogen) atoms. The predicted octanol–water partition coefficient (Wildman–Crippen LogP) is 1.58. The molecule has 5 heteroatoms. The largest absolute Gasteiger partial charge is 0.465 e. The molecular formula is C12H18N2O3. The van der Waals surface area contributed by atoms with Crippen LogP contribution in [0.5, 0.6) is 0 Å². The Hall–Kier alpha value is -1.65. The summed E-state index contributed by atoms with van der Waals surface area (Å²) in [4.78, 5) is 23.8. The Balaban J connectivity index is 2.83. The molecule has 5 nitrogen and oxygen atoms in total.